The minimum absolute atomic E-state index is 0.167. The van der Waals surface area contributed by atoms with Crippen LogP contribution in [0.25, 0.3) is 11.2 Å². The number of rotatable bonds is 5. The summed E-state index contributed by atoms with van der Waals surface area (Å²) in [6, 6.07) is -0.360. The number of aliphatic hydroxyl groups excluding tert-OH is 1. The van der Waals surface area contributed by atoms with Gasteiger partial charge in [-0.25, -0.2) is 15.1 Å². The van der Waals surface area contributed by atoms with Crippen LogP contribution in [0.15, 0.2) is 19.0 Å². The highest BCUT2D eigenvalue weighted by Gasteiger charge is 2.55. The van der Waals surface area contributed by atoms with Crippen LogP contribution in [-0.4, -0.2) is 42.1 Å². The third-order valence-electron chi connectivity index (χ3n) is 5.21. The Labute approximate surface area is 160 Å². The molecule has 5 N–H and O–H groups in total. The number of hydrogen-bond donors (Lipinski definition) is 4. The van der Waals surface area contributed by atoms with Gasteiger partial charge in [0, 0.05) is 5.92 Å². The quantitative estimate of drug-likeness (QED) is 0.200. The average molecular weight is 391 g/mol. The minimum atomic E-state index is -0.988. The fourth-order valence-corrected chi connectivity index (χ4v) is 4.17. The summed E-state index contributed by atoms with van der Waals surface area (Å²) in [5.41, 5.74) is 5.82. The van der Waals surface area contributed by atoms with E-state index in [9.17, 15) is 5.11 Å². The molecule has 0 bridgehead atoms. The molecule has 2 heterocycles. The van der Waals surface area contributed by atoms with Crippen molar-refractivity contribution in [3.63, 3.8) is 0 Å². The van der Waals surface area contributed by atoms with Gasteiger partial charge >= 0.3 is 0 Å². The van der Waals surface area contributed by atoms with Crippen molar-refractivity contribution in [2.45, 2.75) is 38.5 Å². The number of aromatic amines is 1. The lowest BCUT2D eigenvalue weighted by Crippen LogP contribution is -2.38. The lowest BCUT2D eigenvalue weighted by molar-refractivity contribution is -0.509. The Morgan fingerprint density at radius 2 is 2.37 bits per heavy atom. The first kappa shape index (κ1) is 19.5. The van der Waals surface area contributed by atoms with Crippen LogP contribution >= 0.6 is 12.2 Å². The molecule has 2 aromatic heterocycles. The van der Waals surface area contributed by atoms with Crippen molar-refractivity contribution in [1.82, 2.24) is 19.5 Å². The molecule has 0 saturated heterocycles. The third-order valence-corrected chi connectivity index (χ3v) is 5.50. The van der Waals surface area contributed by atoms with E-state index < -0.39 is 23.5 Å². The van der Waals surface area contributed by atoms with Crippen molar-refractivity contribution >= 4 is 29.3 Å². The number of anilines is 1. The highest BCUT2D eigenvalue weighted by atomic mass is 32.1. The van der Waals surface area contributed by atoms with Gasteiger partial charge in [-0.15, -0.1) is 12.5 Å². The maximum Gasteiger partial charge on any atom is 0.200 e. The number of nitrogens with two attached hydrogens (primary N) is 1. The Bertz CT molecular complexity index is 977. The van der Waals surface area contributed by atoms with E-state index in [2.05, 4.69) is 38.4 Å². The first-order valence-electron chi connectivity index (χ1n) is 8.34. The zero-order valence-corrected chi connectivity index (χ0v) is 15.7. The van der Waals surface area contributed by atoms with Gasteiger partial charge in [-0.1, -0.05) is 29.3 Å². The molecule has 1 aliphatic carbocycles. The normalized spacial score (nSPS) is 28.7. The van der Waals surface area contributed by atoms with Crippen molar-refractivity contribution in [2.24, 2.45) is 11.3 Å². The first-order valence-corrected chi connectivity index (χ1v) is 8.75. The van der Waals surface area contributed by atoms with Crippen molar-refractivity contribution in [1.29, 1.82) is 0 Å². The zero-order valence-electron chi connectivity index (χ0n) is 14.9. The third kappa shape index (κ3) is 3.03. The molecular formula is C17H21N5O4S. The van der Waals surface area contributed by atoms with E-state index in [-0.39, 0.29) is 12.0 Å². The molecule has 2 aromatic rings. The van der Waals surface area contributed by atoms with Crippen LogP contribution in [0, 0.1) is 27.8 Å². The molecular weight excluding hydrogens is 370 g/mol. The Morgan fingerprint density at radius 1 is 1.63 bits per heavy atom. The lowest BCUT2D eigenvalue weighted by atomic mass is 9.79. The molecule has 1 fully saturated rings. The van der Waals surface area contributed by atoms with Crippen LogP contribution in [0.4, 0.5) is 5.95 Å². The molecule has 0 aliphatic heterocycles. The number of aliphatic hydroxyl groups is 1. The van der Waals surface area contributed by atoms with Gasteiger partial charge in [-0.3, -0.25) is 0 Å². The fraction of sp³-hybridized carbons (Fsp3) is 0.471. The molecule has 9 nitrogen and oxygen atoms in total. The van der Waals surface area contributed by atoms with Crippen LogP contribution in [-0.2, 0) is 9.93 Å². The highest BCUT2D eigenvalue weighted by Crippen LogP contribution is 2.52. The average Bonchev–Trinajstić information content (AvgIpc) is 3.15. The van der Waals surface area contributed by atoms with Gasteiger partial charge in [-0.2, -0.15) is 4.98 Å². The number of aromatic nitrogens is 4. The van der Waals surface area contributed by atoms with Gasteiger partial charge in [0.2, 0.25) is 5.95 Å². The topological polar surface area (TPSA) is 131 Å². The van der Waals surface area contributed by atoms with E-state index in [0.717, 1.165) is 0 Å². The molecule has 0 aromatic carbocycles. The summed E-state index contributed by atoms with van der Waals surface area (Å²) < 4.78 is 2.18. The van der Waals surface area contributed by atoms with Crippen LogP contribution in [0.1, 0.15) is 26.3 Å². The number of fused-ring (bicyclic) bond motifs is 1. The van der Waals surface area contributed by atoms with E-state index >= 15 is 0 Å². The summed E-state index contributed by atoms with van der Waals surface area (Å²) >= 11 is 5.28. The molecule has 5 atom stereocenters. The summed E-state index contributed by atoms with van der Waals surface area (Å²) in [6.07, 6.45) is 2.16. The van der Waals surface area contributed by atoms with Crippen LogP contribution in [0.3, 0.4) is 0 Å². The van der Waals surface area contributed by atoms with Crippen molar-refractivity contribution < 1.29 is 20.3 Å². The summed E-state index contributed by atoms with van der Waals surface area (Å²) in [5.74, 6) is 5.75. The van der Waals surface area contributed by atoms with E-state index in [1.165, 1.54) is 0 Å². The molecule has 3 rings (SSSR count). The number of H-pyrrole nitrogens is 1. The molecule has 27 heavy (non-hydrogen) atoms. The smallest absolute Gasteiger partial charge is 0.200 e. The molecule has 1 saturated carbocycles. The standard InChI is InChI=1S/C17H21N5O4S/c1-4-6-17(5-2)11(7-10(13(17)23)9(3)25-26-24)22-8-19-12-14(22)20-16(18)21-15(12)27/h5,8-11,13,23-24H,2,7H2,1,3H3,(H3,18,20,21,27)/t9-,10+,11+,13?,17?/m0/s1. The molecule has 2 unspecified atom stereocenters. The van der Waals surface area contributed by atoms with Gasteiger partial charge in [0.05, 0.1) is 30.0 Å². The van der Waals surface area contributed by atoms with Crippen LogP contribution < -0.4 is 5.73 Å². The van der Waals surface area contributed by atoms with Crippen LogP contribution in [0.5, 0.6) is 0 Å². The highest BCUT2D eigenvalue weighted by molar-refractivity contribution is 7.71. The fourth-order valence-electron chi connectivity index (χ4n) is 3.92. The largest absolute Gasteiger partial charge is 0.391 e. The number of nitrogens with zero attached hydrogens (tertiary/aromatic N) is 3. The summed E-state index contributed by atoms with van der Waals surface area (Å²) in [6.45, 7) is 7.29. The Hall–Kier alpha value is -2.29. The molecule has 1 aliphatic rings. The lowest BCUT2D eigenvalue weighted by Gasteiger charge is -2.32. The monoisotopic (exact) mass is 391 g/mol. The maximum absolute atomic E-state index is 11.1. The van der Waals surface area contributed by atoms with Crippen molar-refractivity contribution in [2.75, 3.05) is 5.73 Å². The zero-order chi connectivity index (χ0) is 19.8. The SMILES string of the molecule is C=CC1(C#CC)C(O)[C@@H]([C@H](C)OOO)C[C@H]1n1cnc2c(=S)[nH]c(N)nc21. The van der Waals surface area contributed by atoms with Gasteiger partial charge in [0.25, 0.3) is 0 Å². The number of hydrogen-bond acceptors (Lipinski definition) is 8. The van der Waals surface area contributed by atoms with Gasteiger partial charge in [-0.05, 0) is 20.3 Å². The number of nitrogen functional groups attached to an aromatic ring is 1. The Balaban J connectivity index is 2.18. The first-order chi connectivity index (χ1) is 12.9. The second kappa shape index (κ2) is 7.38. The van der Waals surface area contributed by atoms with E-state index in [1.807, 2.05) is 0 Å². The van der Waals surface area contributed by atoms with Gasteiger partial charge in [0.15, 0.2) is 5.65 Å². The molecule has 0 amide bonds. The van der Waals surface area contributed by atoms with Crippen molar-refractivity contribution in [3.8, 4) is 11.8 Å². The summed E-state index contributed by atoms with van der Waals surface area (Å²) in [5, 5.41) is 23.5. The predicted molar refractivity (Wildman–Crippen MR) is 101 cm³/mol. The summed E-state index contributed by atoms with van der Waals surface area (Å²) in [7, 11) is 0. The molecule has 144 valence electrons. The van der Waals surface area contributed by atoms with E-state index in [0.29, 0.717) is 22.2 Å². The van der Waals surface area contributed by atoms with E-state index in [1.54, 1.807) is 30.8 Å². The Kier molecular flexibility index (Phi) is 5.32. The number of imidazole rings is 1. The second-order valence-corrected chi connectivity index (χ2v) is 6.93. The van der Waals surface area contributed by atoms with Crippen LogP contribution in [0.2, 0.25) is 0 Å². The second-order valence-electron chi connectivity index (χ2n) is 6.52. The van der Waals surface area contributed by atoms with Gasteiger partial charge < -0.3 is 20.4 Å². The maximum atomic E-state index is 11.1. The minimum Gasteiger partial charge on any atom is -0.391 e. The van der Waals surface area contributed by atoms with Gasteiger partial charge in [0.1, 0.15) is 10.2 Å². The number of nitrogens with one attached hydrogen (secondary N) is 1. The molecule has 10 heteroatoms. The molecule has 0 radical (unpaired) electrons. The Morgan fingerprint density at radius 3 is 3.00 bits per heavy atom. The van der Waals surface area contributed by atoms with Crippen molar-refractivity contribution in [3.05, 3.63) is 23.6 Å². The molecule has 0 spiro atoms. The van der Waals surface area contributed by atoms with E-state index in [4.69, 9.17) is 28.1 Å². The predicted octanol–water partition coefficient (Wildman–Crippen LogP) is 2.00. The summed E-state index contributed by atoms with van der Waals surface area (Å²) in [4.78, 5) is 16.3.